The average Bonchev–Trinajstić information content (AvgIpc) is 1.97. The summed E-state index contributed by atoms with van der Waals surface area (Å²) in [5.41, 5.74) is 5.75. The molecule has 15 heavy (non-hydrogen) atoms. The third kappa shape index (κ3) is 7.93. The van der Waals surface area contributed by atoms with Gasteiger partial charge in [0, 0.05) is 34.6 Å². The maximum Gasteiger partial charge on any atom is 0.148 e. The van der Waals surface area contributed by atoms with Crippen LogP contribution < -0.4 is 5.73 Å². The fraction of sp³-hybridized carbons (Fsp3) is 1.00. The molecule has 2 unspecified atom stereocenters. The lowest BCUT2D eigenvalue weighted by Gasteiger charge is -2.26. The summed E-state index contributed by atoms with van der Waals surface area (Å²) in [7, 11) is -4.17. The molecule has 0 radical (unpaired) electrons. The number of rotatable bonds is 5. The summed E-state index contributed by atoms with van der Waals surface area (Å²) in [6, 6.07) is -0.169. The Morgan fingerprint density at radius 1 is 1.33 bits per heavy atom. The topological polar surface area (TPSA) is 77.2 Å². The summed E-state index contributed by atoms with van der Waals surface area (Å²) in [5, 5.41) is 0. The van der Waals surface area contributed by atoms with Crippen molar-refractivity contribution in [3.8, 4) is 0 Å². The van der Waals surface area contributed by atoms with E-state index in [-0.39, 0.29) is 23.0 Å². The van der Waals surface area contributed by atoms with Crippen molar-refractivity contribution in [1.29, 1.82) is 0 Å². The fourth-order valence-electron chi connectivity index (χ4n) is 0.778. The maximum absolute atomic E-state index is 11.5. The zero-order valence-electron chi connectivity index (χ0n) is 9.82. The molecule has 6 heteroatoms. The SMILES string of the molecule is CC(C)(C)C(N)CS(=O)CCS(C)(=O)=O. The van der Waals surface area contributed by atoms with Gasteiger partial charge in [0.1, 0.15) is 9.84 Å². The van der Waals surface area contributed by atoms with Gasteiger partial charge in [0.25, 0.3) is 0 Å². The average molecular weight is 255 g/mol. The molecule has 0 aliphatic heterocycles. The van der Waals surface area contributed by atoms with E-state index in [1.165, 1.54) is 0 Å². The van der Waals surface area contributed by atoms with Crippen LogP contribution in [0.25, 0.3) is 0 Å². The molecule has 2 N–H and O–H groups in total. The highest BCUT2D eigenvalue weighted by Gasteiger charge is 2.22. The van der Waals surface area contributed by atoms with E-state index < -0.39 is 20.6 Å². The highest BCUT2D eigenvalue weighted by Crippen LogP contribution is 2.17. The molecule has 0 aromatic rings. The molecule has 0 aliphatic carbocycles. The first-order valence-electron chi connectivity index (χ1n) is 4.80. The van der Waals surface area contributed by atoms with Crippen LogP contribution in [0.2, 0.25) is 0 Å². The fourth-order valence-corrected chi connectivity index (χ4v) is 3.80. The van der Waals surface area contributed by atoms with E-state index >= 15 is 0 Å². The molecule has 2 atom stereocenters. The highest BCUT2D eigenvalue weighted by molar-refractivity contribution is 7.92. The molecule has 0 aromatic heterocycles. The molecule has 0 fully saturated rings. The van der Waals surface area contributed by atoms with Gasteiger partial charge in [-0.1, -0.05) is 20.8 Å². The Morgan fingerprint density at radius 2 is 1.80 bits per heavy atom. The summed E-state index contributed by atoms with van der Waals surface area (Å²) in [6.07, 6.45) is 1.15. The Hall–Kier alpha value is 0.0600. The van der Waals surface area contributed by atoms with Crippen LogP contribution in [-0.2, 0) is 20.6 Å². The van der Waals surface area contributed by atoms with Crippen LogP contribution in [0.3, 0.4) is 0 Å². The lowest BCUT2D eigenvalue weighted by Crippen LogP contribution is -2.40. The maximum atomic E-state index is 11.5. The van der Waals surface area contributed by atoms with Crippen molar-refractivity contribution in [3.05, 3.63) is 0 Å². The number of hydrogen-bond donors (Lipinski definition) is 1. The van der Waals surface area contributed by atoms with Gasteiger partial charge in [-0.05, 0) is 5.41 Å². The second-order valence-corrected chi connectivity index (χ2v) is 8.79. The van der Waals surface area contributed by atoms with Crippen LogP contribution in [0, 0.1) is 5.41 Å². The van der Waals surface area contributed by atoms with Gasteiger partial charge in [-0.25, -0.2) is 8.42 Å². The van der Waals surface area contributed by atoms with Gasteiger partial charge >= 0.3 is 0 Å². The Bertz CT molecular complexity index is 317. The number of hydrogen-bond acceptors (Lipinski definition) is 4. The largest absolute Gasteiger partial charge is 0.326 e. The first-order chi connectivity index (χ1) is 6.52. The molecule has 92 valence electrons. The lowest BCUT2D eigenvalue weighted by molar-refractivity contribution is 0.342. The second-order valence-electron chi connectivity index (χ2n) is 4.91. The minimum atomic E-state index is -3.02. The van der Waals surface area contributed by atoms with E-state index in [2.05, 4.69) is 0 Å². The van der Waals surface area contributed by atoms with Crippen molar-refractivity contribution in [2.24, 2.45) is 11.1 Å². The van der Waals surface area contributed by atoms with Crippen molar-refractivity contribution in [1.82, 2.24) is 0 Å². The zero-order valence-corrected chi connectivity index (χ0v) is 11.5. The number of sulfone groups is 1. The van der Waals surface area contributed by atoms with Crippen LogP contribution in [-0.4, -0.2) is 42.2 Å². The van der Waals surface area contributed by atoms with E-state index in [9.17, 15) is 12.6 Å². The van der Waals surface area contributed by atoms with Crippen molar-refractivity contribution in [2.75, 3.05) is 23.5 Å². The molecule has 0 heterocycles. The monoisotopic (exact) mass is 255 g/mol. The lowest BCUT2D eigenvalue weighted by atomic mass is 9.89. The first kappa shape index (κ1) is 15.1. The van der Waals surface area contributed by atoms with Gasteiger partial charge in [-0.2, -0.15) is 0 Å². The Kier molecular flexibility index (Phi) is 5.43. The minimum Gasteiger partial charge on any atom is -0.326 e. The zero-order chi connectivity index (χ0) is 12.3. The van der Waals surface area contributed by atoms with Crippen LogP contribution in [0.1, 0.15) is 20.8 Å². The molecule has 0 rings (SSSR count). The van der Waals surface area contributed by atoms with Crippen LogP contribution in [0.15, 0.2) is 0 Å². The van der Waals surface area contributed by atoms with Crippen LogP contribution in [0.5, 0.6) is 0 Å². The molecule has 0 saturated heterocycles. The summed E-state index contributed by atoms with van der Waals surface area (Å²) >= 11 is 0. The van der Waals surface area contributed by atoms with Crippen molar-refractivity contribution in [3.63, 3.8) is 0 Å². The smallest absolute Gasteiger partial charge is 0.148 e. The van der Waals surface area contributed by atoms with E-state index in [0.29, 0.717) is 5.75 Å². The molecular formula is C9H21NO3S2. The molecule has 0 saturated carbocycles. The Balaban J connectivity index is 4.06. The van der Waals surface area contributed by atoms with E-state index in [1.54, 1.807) is 0 Å². The summed E-state index contributed by atoms with van der Waals surface area (Å²) in [5.74, 6) is 0.512. The molecule has 0 bridgehead atoms. The van der Waals surface area contributed by atoms with Crippen molar-refractivity contribution < 1.29 is 12.6 Å². The molecule has 0 aliphatic rings. The molecule has 0 amide bonds. The van der Waals surface area contributed by atoms with Crippen molar-refractivity contribution in [2.45, 2.75) is 26.8 Å². The summed E-state index contributed by atoms with van der Waals surface area (Å²) in [4.78, 5) is 0. The quantitative estimate of drug-likeness (QED) is 0.759. The van der Waals surface area contributed by atoms with Gasteiger partial charge < -0.3 is 5.73 Å². The predicted molar refractivity (Wildman–Crippen MR) is 65.0 cm³/mol. The normalized spacial score (nSPS) is 17.4. The van der Waals surface area contributed by atoms with Gasteiger partial charge in [-0.15, -0.1) is 0 Å². The third-order valence-electron chi connectivity index (χ3n) is 2.16. The van der Waals surface area contributed by atoms with E-state index in [0.717, 1.165) is 6.26 Å². The van der Waals surface area contributed by atoms with Crippen molar-refractivity contribution >= 4 is 20.6 Å². The summed E-state index contributed by atoms with van der Waals surface area (Å²) < 4.78 is 33.2. The minimum absolute atomic E-state index is 0.0313. The molecular weight excluding hydrogens is 234 g/mol. The first-order valence-corrected chi connectivity index (χ1v) is 8.35. The van der Waals surface area contributed by atoms with Crippen LogP contribution >= 0.6 is 0 Å². The van der Waals surface area contributed by atoms with Crippen LogP contribution in [0.4, 0.5) is 0 Å². The molecule has 4 nitrogen and oxygen atoms in total. The van der Waals surface area contributed by atoms with E-state index in [4.69, 9.17) is 5.73 Å². The van der Waals surface area contributed by atoms with E-state index in [1.807, 2.05) is 20.8 Å². The Morgan fingerprint density at radius 3 is 2.13 bits per heavy atom. The second kappa shape index (κ2) is 5.41. The standard InChI is InChI=1S/C9H21NO3S2/c1-9(2,3)8(10)7-14(11)5-6-15(4,12)13/h8H,5-7,10H2,1-4H3. The van der Waals surface area contributed by atoms with Gasteiger partial charge in [0.15, 0.2) is 0 Å². The molecule has 0 aromatic carbocycles. The highest BCUT2D eigenvalue weighted by atomic mass is 32.2. The third-order valence-corrected chi connectivity index (χ3v) is 4.75. The summed E-state index contributed by atoms with van der Waals surface area (Å²) in [6.45, 7) is 5.93. The Labute approximate surface area is 95.0 Å². The van der Waals surface area contributed by atoms with Gasteiger partial charge in [-0.3, -0.25) is 4.21 Å². The molecule has 0 spiro atoms. The predicted octanol–water partition coefficient (Wildman–Crippen LogP) is 0.153. The van der Waals surface area contributed by atoms with Gasteiger partial charge in [0.05, 0.1) is 5.75 Å². The van der Waals surface area contributed by atoms with Gasteiger partial charge in [0.2, 0.25) is 0 Å². The number of nitrogens with two attached hydrogens (primary N) is 1.